The van der Waals surface area contributed by atoms with Crippen molar-refractivity contribution in [3.05, 3.63) is 70.8 Å². The third kappa shape index (κ3) is 2.68. The van der Waals surface area contributed by atoms with E-state index in [1.165, 1.54) is 17.8 Å². The maximum absolute atomic E-state index is 10.8. The summed E-state index contributed by atoms with van der Waals surface area (Å²) in [4.78, 5) is 12.2. The van der Waals surface area contributed by atoms with Crippen molar-refractivity contribution in [1.82, 2.24) is 0 Å². The number of hydrogen-bond donors (Lipinski definition) is 1. The van der Waals surface area contributed by atoms with E-state index in [4.69, 9.17) is 0 Å². The number of hydrogen-bond acceptors (Lipinski definition) is 4. The van der Waals surface area contributed by atoms with Crippen LogP contribution < -0.4 is 0 Å². The molecule has 0 spiro atoms. The number of nitrogens with zero attached hydrogens (tertiary/aromatic N) is 1. The number of phenols is 1. The minimum absolute atomic E-state index is 0.0723. The number of nitro benzene ring substituents is 1. The summed E-state index contributed by atoms with van der Waals surface area (Å²) in [5.74, 6) is 0.231. The van der Waals surface area contributed by atoms with E-state index in [-0.39, 0.29) is 11.4 Å². The molecule has 3 aromatic carbocycles. The number of nitro groups is 1. The van der Waals surface area contributed by atoms with Gasteiger partial charge in [0.25, 0.3) is 5.69 Å². The number of phenolic OH excluding ortho intramolecular Hbond substituents is 1. The van der Waals surface area contributed by atoms with Crippen LogP contribution in [-0.4, -0.2) is 10.0 Å². The third-order valence-corrected chi connectivity index (χ3v) is 4.18. The highest BCUT2D eigenvalue weighted by Gasteiger charge is 2.09. The van der Waals surface area contributed by atoms with Crippen LogP contribution in [0.15, 0.2) is 70.5 Å². The van der Waals surface area contributed by atoms with Gasteiger partial charge in [0, 0.05) is 27.3 Å². The predicted molar refractivity (Wildman–Crippen MR) is 82.8 cm³/mol. The fourth-order valence-corrected chi connectivity index (χ4v) is 3.14. The molecule has 0 radical (unpaired) electrons. The van der Waals surface area contributed by atoms with E-state index >= 15 is 0 Å². The highest BCUT2D eigenvalue weighted by molar-refractivity contribution is 7.99. The summed E-state index contributed by atoms with van der Waals surface area (Å²) >= 11 is 1.44. The lowest BCUT2D eigenvalue weighted by atomic mass is 10.1. The molecular weight excluding hydrogens is 286 g/mol. The largest absolute Gasteiger partial charge is 0.507 e. The summed E-state index contributed by atoms with van der Waals surface area (Å²) in [5, 5.41) is 22.4. The Bertz CT molecular complexity index is 833. The smallest absolute Gasteiger partial charge is 0.270 e. The summed E-state index contributed by atoms with van der Waals surface area (Å²) in [5.41, 5.74) is 0.0723. The molecule has 5 heteroatoms. The highest BCUT2D eigenvalue weighted by Crippen LogP contribution is 2.37. The molecule has 0 aliphatic rings. The van der Waals surface area contributed by atoms with Crippen molar-refractivity contribution in [1.29, 1.82) is 0 Å². The molecule has 0 aliphatic carbocycles. The quantitative estimate of drug-likeness (QED) is 0.566. The van der Waals surface area contributed by atoms with Gasteiger partial charge in [-0.15, -0.1) is 0 Å². The van der Waals surface area contributed by atoms with Gasteiger partial charge in [0.1, 0.15) is 5.75 Å². The topological polar surface area (TPSA) is 63.4 Å². The second-order valence-electron chi connectivity index (χ2n) is 4.48. The lowest BCUT2D eigenvalue weighted by Gasteiger charge is -2.07. The molecule has 0 fully saturated rings. The van der Waals surface area contributed by atoms with Crippen molar-refractivity contribution < 1.29 is 10.0 Å². The van der Waals surface area contributed by atoms with Crippen molar-refractivity contribution >= 4 is 28.2 Å². The Balaban J connectivity index is 2.04. The van der Waals surface area contributed by atoms with E-state index in [0.717, 1.165) is 20.6 Å². The van der Waals surface area contributed by atoms with E-state index < -0.39 is 4.92 Å². The highest BCUT2D eigenvalue weighted by atomic mass is 32.2. The number of benzene rings is 3. The Morgan fingerprint density at radius 2 is 1.71 bits per heavy atom. The number of fused-ring (bicyclic) bond motifs is 1. The molecule has 0 atom stereocenters. The van der Waals surface area contributed by atoms with Crippen LogP contribution in [0.25, 0.3) is 10.8 Å². The molecule has 0 unspecified atom stereocenters. The number of non-ortho nitro benzene ring substituents is 1. The molecule has 0 aliphatic heterocycles. The van der Waals surface area contributed by atoms with E-state index in [1.54, 1.807) is 18.2 Å². The standard InChI is InChI=1S/C16H11NO3S/c18-15-8-9-16(14-7-2-1-6-13(14)15)21-12-5-3-4-11(10-12)17(19)20/h1-10,18H. The molecule has 0 heterocycles. The van der Waals surface area contributed by atoms with Gasteiger partial charge in [-0.2, -0.15) is 0 Å². The summed E-state index contributed by atoms with van der Waals surface area (Å²) in [7, 11) is 0. The maximum atomic E-state index is 10.8. The monoisotopic (exact) mass is 297 g/mol. The van der Waals surface area contributed by atoms with Crippen LogP contribution in [0, 0.1) is 10.1 Å². The predicted octanol–water partition coefficient (Wildman–Crippen LogP) is 4.60. The Kier molecular flexibility index (Phi) is 3.50. The van der Waals surface area contributed by atoms with Crippen LogP contribution in [-0.2, 0) is 0 Å². The zero-order valence-corrected chi connectivity index (χ0v) is 11.7. The van der Waals surface area contributed by atoms with Gasteiger partial charge in [0.15, 0.2) is 0 Å². The van der Waals surface area contributed by atoms with Crippen LogP contribution in [0.3, 0.4) is 0 Å². The zero-order valence-electron chi connectivity index (χ0n) is 10.9. The summed E-state index contributed by atoms with van der Waals surface area (Å²) in [6.45, 7) is 0. The van der Waals surface area contributed by atoms with Crippen molar-refractivity contribution in [2.75, 3.05) is 0 Å². The Morgan fingerprint density at radius 1 is 0.952 bits per heavy atom. The van der Waals surface area contributed by atoms with Gasteiger partial charge < -0.3 is 5.11 Å². The second-order valence-corrected chi connectivity index (χ2v) is 5.60. The lowest BCUT2D eigenvalue weighted by Crippen LogP contribution is -1.87. The van der Waals surface area contributed by atoms with E-state index in [2.05, 4.69) is 0 Å². The average molecular weight is 297 g/mol. The maximum Gasteiger partial charge on any atom is 0.270 e. The molecule has 3 aromatic rings. The molecule has 0 bridgehead atoms. The van der Waals surface area contributed by atoms with Crippen LogP contribution in [0.2, 0.25) is 0 Å². The molecule has 21 heavy (non-hydrogen) atoms. The molecule has 0 saturated heterocycles. The summed E-state index contributed by atoms with van der Waals surface area (Å²) in [6, 6.07) is 17.5. The fraction of sp³-hybridized carbons (Fsp3) is 0. The Hall–Kier alpha value is -2.53. The van der Waals surface area contributed by atoms with E-state index in [1.807, 2.05) is 36.4 Å². The molecule has 0 amide bonds. The van der Waals surface area contributed by atoms with Crippen LogP contribution >= 0.6 is 11.8 Å². The summed E-state index contributed by atoms with van der Waals surface area (Å²) < 4.78 is 0. The molecule has 0 aromatic heterocycles. The van der Waals surface area contributed by atoms with Gasteiger partial charge in [0.05, 0.1) is 4.92 Å². The van der Waals surface area contributed by atoms with E-state index in [0.29, 0.717) is 0 Å². The first-order valence-corrected chi connectivity index (χ1v) is 7.10. The van der Waals surface area contributed by atoms with Crippen LogP contribution in [0.4, 0.5) is 5.69 Å². The fourth-order valence-electron chi connectivity index (χ4n) is 2.13. The normalized spacial score (nSPS) is 10.7. The molecule has 3 rings (SSSR count). The average Bonchev–Trinajstić information content (AvgIpc) is 2.51. The minimum Gasteiger partial charge on any atom is -0.507 e. The van der Waals surface area contributed by atoms with Gasteiger partial charge in [-0.1, -0.05) is 42.1 Å². The number of rotatable bonds is 3. The first-order chi connectivity index (χ1) is 10.1. The van der Waals surface area contributed by atoms with Gasteiger partial charge in [0.2, 0.25) is 0 Å². The van der Waals surface area contributed by atoms with Crippen LogP contribution in [0.5, 0.6) is 5.75 Å². The van der Waals surface area contributed by atoms with Gasteiger partial charge in [-0.3, -0.25) is 10.1 Å². The SMILES string of the molecule is O=[N+]([O-])c1cccc(Sc2ccc(O)c3ccccc23)c1. The molecule has 0 saturated carbocycles. The molecule has 4 nitrogen and oxygen atoms in total. The van der Waals surface area contributed by atoms with Crippen molar-refractivity contribution in [3.63, 3.8) is 0 Å². The second kappa shape index (κ2) is 5.46. The van der Waals surface area contributed by atoms with Crippen molar-refractivity contribution in [2.24, 2.45) is 0 Å². The Morgan fingerprint density at radius 3 is 2.48 bits per heavy atom. The van der Waals surface area contributed by atoms with Gasteiger partial charge in [-0.25, -0.2) is 0 Å². The summed E-state index contributed by atoms with van der Waals surface area (Å²) in [6.07, 6.45) is 0. The van der Waals surface area contributed by atoms with Crippen molar-refractivity contribution in [2.45, 2.75) is 9.79 Å². The Labute approximate surface area is 125 Å². The number of aromatic hydroxyl groups is 1. The third-order valence-electron chi connectivity index (χ3n) is 3.12. The van der Waals surface area contributed by atoms with Crippen LogP contribution in [0.1, 0.15) is 0 Å². The molecular formula is C16H11NO3S. The lowest BCUT2D eigenvalue weighted by molar-refractivity contribution is -0.385. The minimum atomic E-state index is -0.404. The van der Waals surface area contributed by atoms with E-state index in [9.17, 15) is 15.2 Å². The van der Waals surface area contributed by atoms with Gasteiger partial charge in [-0.05, 0) is 23.6 Å². The first kappa shape index (κ1) is 13.5. The first-order valence-electron chi connectivity index (χ1n) is 6.28. The zero-order chi connectivity index (χ0) is 14.8. The molecule has 104 valence electrons. The van der Waals surface area contributed by atoms with Gasteiger partial charge >= 0.3 is 0 Å². The molecule has 1 N–H and O–H groups in total. The van der Waals surface area contributed by atoms with Crippen molar-refractivity contribution in [3.8, 4) is 5.75 Å².